The normalized spacial score (nSPS) is 18.6. The van der Waals surface area contributed by atoms with Crippen molar-refractivity contribution in [2.45, 2.75) is 31.5 Å². The van der Waals surface area contributed by atoms with E-state index in [1.807, 2.05) is 6.92 Å². The van der Waals surface area contributed by atoms with Crippen molar-refractivity contribution in [3.8, 4) is 0 Å². The first kappa shape index (κ1) is 13.1. The van der Waals surface area contributed by atoms with Crippen molar-refractivity contribution in [2.24, 2.45) is 0 Å². The summed E-state index contributed by atoms with van der Waals surface area (Å²) in [6.45, 7) is 2.75. The van der Waals surface area contributed by atoms with Crippen LogP contribution in [-0.4, -0.2) is 34.0 Å². The highest BCUT2D eigenvalue weighted by Crippen LogP contribution is 2.31. The van der Waals surface area contributed by atoms with E-state index >= 15 is 0 Å². The van der Waals surface area contributed by atoms with Gasteiger partial charge in [0.15, 0.2) is 11.5 Å². The second kappa shape index (κ2) is 4.38. The quantitative estimate of drug-likeness (QED) is 0.902. The fourth-order valence-electron chi connectivity index (χ4n) is 2.09. The largest absolute Gasteiger partial charge is 0.435 e. The van der Waals surface area contributed by atoms with Gasteiger partial charge < -0.3 is 10.0 Å². The lowest BCUT2D eigenvalue weighted by Gasteiger charge is -2.47. The fourth-order valence-corrected chi connectivity index (χ4v) is 2.09. The maximum Gasteiger partial charge on any atom is 0.435 e. The van der Waals surface area contributed by atoms with Crippen molar-refractivity contribution < 1.29 is 18.3 Å². The molecule has 1 aromatic rings. The van der Waals surface area contributed by atoms with Gasteiger partial charge in [0, 0.05) is 0 Å². The Morgan fingerprint density at radius 2 is 2.00 bits per heavy atom. The molecule has 0 bridgehead atoms. The Labute approximate surface area is 102 Å². The molecule has 0 spiro atoms. The van der Waals surface area contributed by atoms with Crippen LogP contribution in [0, 0.1) is 0 Å². The van der Waals surface area contributed by atoms with Gasteiger partial charge in [0.05, 0.1) is 18.7 Å². The Hall–Kier alpha value is -1.37. The van der Waals surface area contributed by atoms with Gasteiger partial charge in [0.25, 0.3) is 0 Å². The average molecular weight is 261 g/mol. The molecule has 0 radical (unpaired) electrons. The van der Waals surface area contributed by atoms with Gasteiger partial charge in [-0.25, -0.2) is 0 Å². The zero-order valence-electron chi connectivity index (χ0n) is 9.91. The molecular formula is C11H14F3N3O. The summed E-state index contributed by atoms with van der Waals surface area (Å²) >= 11 is 0. The van der Waals surface area contributed by atoms with Gasteiger partial charge in [-0.15, -0.1) is 10.2 Å². The van der Waals surface area contributed by atoms with E-state index in [4.69, 9.17) is 0 Å². The summed E-state index contributed by atoms with van der Waals surface area (Å²) in [6.07, 6.45) is -2.93. The van der Waals surface area contributed by atoms with Crippen LogP contribution in [0.1, 0.15) is 25.5 Å². The van der Waals surface area contributed by atoms with Gasteiger partial charge in [-0.05, 0) is 18.6 Å². The molecule has 100 valence electrons. The van der Waals surface area contributed by atoms with Crippen LogP contribution in [0.25, 0.3) is 0 Å². The van der Waals surface area contributed by atoms with E-state index in [0.29, 0.717) is 25.3 Å². The molecule has 7 heteroatoms. The van der Waals surface area contributed by atoms with Crippen molar-refractivity contribution in [2.75, 3.05) is 18.0 Å². The molecule has 0 unspecified atom stereocenters. The van der Waals surface area contributed by atoms with E-state index in [1.165, 1.54) is 6.07 Å². The van der Waals surface area contributed by atoms with E-state index < -0.39 is 17.5 Å². The van der Waals surface area contributed by atoms with Crippen molar-refractivity contribution >= 4 is 5.82 Å². The first-order chi connectivity index (χ1) is 8.34. The zero-order valence-corrected chi connectivity index (χ0v) is 9.91. The van der Waals surface area contributed by atoms with Crippen LogP contribution >= 0.6 is 0 Å². The Kier molecular flexibility index (Phi) is 3.18. The summed E-state index contributed by atoms with van der Waals surface area (Å²) in [4.78, 5) is 1.71. The fraction of sp³-hybridized carbons (Fsp3) is 0.636. The van der Waals surface area contributed by atoms with Crippen molar-refractivity contribution in [1.29, 1.82) is 0 Å². The topological polar surface area (TPSA) is 49.2 Å². The molecular weight excluding hydrogens is 247 g/mol. The van der Waals surface area contributed by atoms with Crippen molar-refractivity contribution in [1.82, 2.24) is 10.2 Å². The third-order valence-corrected chi connectivity index (χ3v) is 2.95. The lowest BCUT2D eigenvalue weighted by atomic mass is 9.89. The molecule has 4 nitrogen and oxygen atoms in total. The number of β-amino-alcohol motifs (C(OH)–C–C–N with tert-alkyl or cyclic N) is 1. The van der Waals surface area contributed by atoms with Crippen molar-refractivity contribution in [3.05, 3.63) is 17.8 Å². The minimum absolute atomic E-state index is 0.365. The van der Waals surface area contributed by atoms with Crippen LogP contribution in [0.4, 0.5) is 19.0 Å². The summed E-state index contributed by atoms with van der Waals surface area (Å²) in [6, 6.07) is 2.18. The molecule has 1 aliphatic rings. The monoisotopic (exact) mass is 261 g/mol. The Balaban J connectivity index is 2.01. The molecule has 0 atom stereocenters. The van der Waals surface area contributed by atoms with Crippen LogP contribution in [-0.2, 0) is 6.18 Å². The van der Waals surface area contributed by atoms with Gasteiger partial charge >= 0.3 is 6.18 Å². The molecule has 1 N–H and O–H groups in total. The van der Waals surface area contributed by atoms with Crippen LogP contribution in [0.5, 0.6) is 0 Å². The molecule has 1 aliphatic heterocycles. The number of aromatic nitrogens is 2. The molecule has 2 rings (SSSR count). The first-order valence-electron chi connectivity index (χ1n) is 5.72. The lowest BCUT2D eigenvalue weighted by Crippen LogP contribution is -2.62. The number of aliphatic hydroxyl groups is 1. The van der Waals surface area contributed by atoms with Crippen LogP contribution in [0.2, 0.25) is 0 Å². The zero-order chi connectivity index (χ0) is 13.4. The number of hydrogen-bond donors (Lipinski definition) is 1. The van der Waals surface area contributed by atoms with Gasteiger partial charge in [-0.3, -0.25) is 0 Å². The number of nitrogens with zero attached hydrogens (tertiary/aromatic N) is 3. The second-order valence-corrected chi connectivity index (χ2v) is 4.60. The lowest BCUT2D eigenvalue weighted by molar-refractivity contribution is -0.141. The van der Waals surface area contributed by atoms with Gasteiger partial charge in [-0.2, -0.15) is 13.2 Å². The molecule has 1 aromatic heterocycles. The summed E-state index contributed by atoms with van der Waals surface area (Å²) in [5.74, 6) is 0.365. The molecule has 1 saturated heterocycles. The minimum Gasteiger partial charge on any atom is -0.386 e. The minimum atomic E-state index is -4.47. The highest BCUT2D eigenvalue weighted by molar-refractivity contribution is 5.43. The van der Waals surface area contributed by atoms with E-state index in [0.717, 1.165) is 12.5 Å². The number of hydrogen-bond acceptors (Lipinski definition) is 4. The molecule has 2 heterocycles. The Morgan fingerprint density at radius 1 is 1.33 bits per heavy atom. The van der Waals surface area contributed by atoms with E-state index in [1.54, 1.807) is 4.90 Å². The highest BCUT2D eigenvalue weighted by Gasteiger charge is 2.41. The third-order valence-electron chi connectivity index (χ3n) is 2.95. The summed E-state index contributed by atoms with van der Waals surface area (Å²) in [7, 11) is 0. The molecule has 0 aromatic carbocycles. The maximum absolute atomic E-state index is 12.3. The number of rotatable bonds is 3. The second-order valence-electron chi connectivity index (χ2n) is 4.60. The molecule has 0 amide bonds. The predicted octanol–water partition coefficient (Wildman–Crippen LogP) is 1.85. The summed E-state index contributed by atoms with van der Waals surface area (Å²) < 4.78 is 36.9. The summed E-state index contributed by atoms with van der Waals surface area (Å²) in [5, 5.41) is 16.6. The molecule has 18 heavy (non-hydrogen) atoms. The maximum atomic E-state index is 12.3. The Morgan fingerprint density at radius 3 is 2.44 bits per heavy atom. The number of halogens is 3. The van der Waals surface area contributed by atoms with Crippen LogP contribution < -0.4 is 4.90 Å². The van der Waals surface area contributed by atoms with Crippen LogP contribution in [0.15, 0.2) is 12.1 Å². The molecule has 0 saturated carbocycles. The van der Waals surface area contributed by atoms with Gasteiger partial charge in [0.2, 0.25) is 0 Å². The van der Waals surface area contributed by atoms with E-state index in [2.05, 4.69) is 10.2 Å². The van der Waals surface area contributed by atoms with Crippen LogP contribution in [0.3, 0.4) is 0 Å². The predicted molar refractivity (Wildman–Crippen MR) is 59.1 cm³/mol. The Bertz CT molecular complexity index is 413. The standard InChI is InChI=1S/C11H14F3N3O/c1-2-5-10(18)6-17(7-10)9-4-3-8(15-16-9)11(12,13)14/h3-4,18H,2,5-7H2,1H3. The summed E-state index contributed by atoms with van der Waals surface area (Å²) in [5.41, 5.74) is -1.74. The third kappa shape index (κ3) is 2.55. The highest BCUT2D eigenvalue weighted by atomic mass is 19.4. The first-order valence-corrected chi connectivity index (χ1v) is 5.72. The smallest absolute Gasteiger partial charge is 0.386 e. The number of anilines is 1. The molecule has 1 fully saturated rings. The number of alkyl halides is 3. The average Bonchev–Trinajstić information content (AvgIpc) is 2.25. The molecule has 0 aliphatic carbocycles. The van der Waals surface area contributed by atoms with Gasteiger partial charge in [-0.1, -0.05) is 13.3 Å². The van der Waals surface area contributed by atoms with Gasteiger partial charge in [0.1, 0.15) is 0 Å². The SMILES string of the molecule is CCCC1(O)CN(c2ccc(C(F)(F)F)nn2)C1. The van der Waals surface area contributed by atoms with E-state index in [-0.39, 0.29) is 0 Å². The van der Waals surface area contributed by atoms with Crippen molar-refractivity contribution in [3.63, 3.8) is 0 Å². The van der Waals surface area contributed by atoms with E-state index in [9.17, 15) is 18.3 Å².